The van der Waals surface area contributed by atoms with Crippen LogP contribution in [0.25, 0.3) is 22.2 Å². The number of benzene rings is 2. The van der Waals surface area contributed by atoms with Gasteiger partial charge in [-0.1, -0.05) is 36.3 Å². The first-order chi connectivity index (χ1) is 15.7. The number of piperazine rings is 1. The molecule has 0 atom stereocenters. The highest BCUT2D eigenvalue weighted by molar-refractivity contribution is 6.28. The molecule has 0 unspecified atom stereocenters. The van der Waals surface area contributed by atoms with E-state index < -0.39 is 0 Å². The van der Waals surface area contributed by atoms with Crippen molar-refractivity contribution in [2.45, 2.75) is 13.5 Å². The SMILES string of the molecule is CCN1CCN(c2cc(NCc3ccco3)c3c4c(onc24)-c2ccccc2C3=O)CC1. The van der Waals surface area contributed by atoms with E-state index in [1.165, 1.54) is 0 Å². The lowest BCUT2D eigenvalue weighted by Crippen LogP contribution is -2.46. The van der Waals surface area contributed by atoms with Crippen LogP contribution >= 0.6 is 0 Å². The molecular weight excluding hydrogens is 404 g/mol. The summed E-state index contributed by atoms with van der Waals surface area (Å²) in [5.41, 5.74) is 4.61. The second kappa shape index (κ2) is 7.53. The number of hydrogen-bond donors (Lipinski definition) is 1. The summed E-state index contributed by atoms with van der Waals surface area (Å²) >= 11 is 0. The van der Waals surface area contributed by atoms with Crippen LogP contribution in [0.3, 0.4) is 0 Å². The van der Waals surface area contributed by atoms with E-state index in [-0.39, 0.29) is 5.78 Å². The predicted octanol–water partition coefficient (Wildman–Crippen LogP) is 4.39. The van der Waals surface area contributed by atoms with Gasteiger partial charge < -0.3 is 24.1 Å². The predicted molar refractivity (Wildman–Crippen MR) is 123 cm³/mol. The van der Waals surface area contributed by atoms with Crippen molar-refractivity contribution in [1.82, 2.24) is 10.1 Å². The number of ketones is 1. The van der Waals surface area contributed by atoms with E-state index in [1.54, 1.807) is 6.26 Å². The number of fused-ring (bicyclic) bond motifs is 2. The fourth-order valence-electron chi connectivity index (χ4n) is 4.82. The molecular formula is C25H24N4O3. The van der Waals surface area contributed by atoms with Crippen molar-refractivity contribution in [2.75, 3.05) is 42.9 Å². The number of nitrogens with one attached hydrogen (secondary N) is 1. The summed E-state index contributed by atoms with van der Waals surface area (Å²) in [6, 6.07) is 13.4. The van der Waals surface area contributed by atoms with Crippen molar-refractivity contribution in [3.8, 4) is 11.3 Å². The Bertz CT molecular complexity index is 1300. The summed E-state index contributed by atoms with van der Waals surface area (Å²) in [5, 5.41) is 8.71. The molecule has 2 aliphatic rings. The molecule has 0 radical (unpaired) electrons. The van der Waals surface area contributed by atoms with Crippen molar-refractivity contribution < 1.29 is 13.7 Å². The number of anilines is 2. The van der Waals surface area contributed by atoms with E-state index in [1.807, 2.05) is 36.4 Å². The Hall–Kier alpha value is -3.58. The van der Waals surface area contributed by atoms with Crippen LogP contribution in [0.2, 0.25) is 0 Å². The molecule has 2 aromatic heterocycles. The molecule has 2 aromatic carbocycles. The molecule has 1 fully saturated rings. The molecule has 0 bridgehead atoms. The fourth-order valence-corrected chi connectivity index (χ4v) is 4.82. The zero-order chi connectivity index (χ0) is 21.7. The van der Waals surface area contributed by atoms with Crippen LogP contribution < -0.4 is 10.2 Å². The minimum Gasteiger partial charge on any atom is -0.467 e. The van der Waals surface area contributed by atoms with Gasteiger partial charge in [0, 0.05) is 43.0 Å². The summed E-state index contributed by atoms with van der Waals surface area (Å²) in [4.78, 5) is 18.4. The summed E-state index contributed by atoms with van der Waals surface area (Å²) in [6.45, 7) is 7.56. The normalized spacial score (nSPS) is 15.9. The van der Waals surface area contributed by atoms with Gasteiger partial charge in [0.25, 0.3) is 0 Å². The second-order valence-electron chi connectivity index (χ2n) is 8.28. The molecule has 1 N–H and O–H groups in total. The zero-order valence-electron chi connectivity index (χ0n) is 17.9. The summed E-state index contributed by atoms with van der Waals surface area (Å²) in [6.07, 6.45) is 1.66. The summed E-state index contributed by atoms with van der Waals surface area (Å²) in [5.74, 6) is 1.47. The van der Waals surface area contributed by atoms with Gasteiger partial charge in [0.1, 0.15) is 11.3 Å². The van der Waals surface area contributed by atoms with E-state index in [9.17, 15) is 4.79 Å². The van der Waals surface area contributed by atoms with E-state index in [4.69, 9.17) is 8.94 Å². The number of nitrogens with zero attached hydrogens (tertiary/aromatic N) is 3. The number of hydrogen-bond acceptors (Lipinski definition) is 7. The Kier molecular flexibility index (Phi) is 4.50. The van der Waals surface area contributed by atoms with Gasteiger partial charge in [-0.3, -0.25) is 4.79 Å². The van der Waals surface area contributed by atoms with Crippen LogP contribution in [0.4, 0.5) is 11.4 Å². The third-order valence-electron chi connectivity index (χ3n) is 6.57. The summed E-state index contributed by atoms with van der Waals surface area (Å²) < 4.78 is 11.4. The molecule has 1 aliphatic carbocycles. The molecule has 7 nitrogen and oxygen atoms in total. The standard InChI is InChI=1S/C25H24N4O3/c1-2-28-9-11-29(12-10-28)20-14-19(26-15-16-6-5-13-31-16)21-22-23(20)27-32-25(22)18-8-4-3-7-17(18)24(21)30/h3-8,13-14,26H,2,9-12,15H2,1H3. The maximum absolute atomic E-state index is 13.6. The molecule has 1 saturated heterocycles. The lowest BCUT2D eigenvalue weighted by atomic mass is 9.86. The first-order valence-corrected chi connectivity index (χ1v) is 11.1. The van der Waals surface area contributed by atoms with E-state index in [2.05, 4.69) is 33.3 Å². The lowest BCUT2D eigenvalue weighted by molar-refractivity contribution is 0.104. The largest absolute Gasteiger partial charge is 0.467 e. The molecule has 1 aliphatic heterocycles. The molecule has 4 aromatic rings. The van der Waals surface area contributed by atoms with Crippen LogP contribution in [0.15, 0.2) is 57.7 Å². The number of rotatable bonds is 5. The van der Waals surface area contributed by atoms with Gasteiger partial charge >= 0.3 is 0 Å². The molecule has 0 saturated carbocycles. The smallest absolute Gasteiger partial charge is 0.196 e. The van der Waals surface area contributed by atoms with Gasteiger partial charge in [-0.05, 0) is 24.7 Å². The average molecular weight is 428 g/mol. The Morgan fingerprint density at radius 1 is 1.06 bits per heavy atom. The van der Waals surface area contributed by atoms with Gasteiger partial charge in [-0.25, -0.2) is 0 Å². The molecule has 3 heterocycles. The Morgan fingerprint density at radius 3 is 2.62 bits per heavy atom. The molecule has 7 heteroatoms. The van der Waals surface area contributed by atoms with Gasteiger partial charge in [0.2, 0.25) is 0 Å². The topological polar surface area (TPSA) is 74.8 Å². The van der Waals surface area contributed by atoms with Crippen molar-refractivity contribution in [3.63, 3.8) is 0 Å². The molecule has 32 heavy (non-hydrogen) atoms. The van der Waals surface area contributed by atoms with Crippen molar-refractivity contribution >= 4 is 28.1 Å². The number of carbonyl (C=O) groups is 1. The first-order valence-electron chi connectivity index (χ1n) is 11.1. The fraction of sp³-hybridized carbons (Fsp3) is 0.280. The van der Waals surface area contributed by atoms with Gasteiger partial charge in [0.15, 0.2) is 11.5 Å². The third-order valence-corrected chi connectivity index (χ3v) is 6.57. The van der Waals surface area contributed by atoms with Crippen molar-refractivity contribution in [3.05, 3.63) is 65.6 Å². The average Bonchev–Trinajstić information content (AvgIpc) is 3.52. The van der Waals surface area contributed by atoms with Crippen LogP contribution in [0.1, 0.15) is 28.6 Å². The quantitative estimate of drug-likeness (QED) is 0.445. The van der Waals surface area contributed by atoms with E-state index >= 15 is 0 Å². The van der Waals surface area contributed by atoms with E-state index in [0.717, 1.165) is 66.3 Å². The van der Waals surface area contributed by atoms with Gasteiger partial charge in [-0.2, -0.15) is 0 Å². The molecule has 0 amide bonds. The highest BCUT2D eigenvalue weighted by Gasteiger charge is 2.34. The lowest BCUT2D eigenvalue weighted by Gasteiger charge is -2.36. The monoisotopic (exact) mass is 428 g/mol. The highest BCUT2D eigenvalue weighted by Crippen LogP contribution is 2.46. The van der Waals surface area contributed by atoms with Crippen LogP contribution in [-0.2, 0) is 6.54 Å². The Balaban J connectivity index is 1.51. The maximum atomic E-state index is 13.6. The minimum absolute atomic E-state index is 0.00871. The summed E-state index contributed by atoms with van der Waals surface area (Å²) in [7, 11) is 0. The Labute approximate surface area is 185 Å². The molecule has 162 valence electrons. The van der Waals surface area contributed by atoms with Gasteiger partial charge in [-0.15, -0.1) is 0 Å². The zero-order valence-corrected chi connectivity index (χ0v) is 17.9. The molecule has 0 spiro atoms. The van der Waals surface area contributed by atoms with Crippen molar-refractivity contribution in [2.24, 2.45) is 0 Å². The number of likely N-dealkylation sites (N-methyl/N-ethyl adjacent to an activating group) is 1. The highest BCUT2D eigenvalue weighted by atomic mass is 16.5. The van der Waals surface area contributed by atoms with Crippen LogP contribution in [-0.4, -0.2) is 48.6 Å². The minimum atomic E-state index is -0.00871. The first kappa shape index (κ1) is 19.1. The number of furan rings is 1. The van der Waals surface area contributed by atoms with Crippen LogP contribution in [0.5, 0.6) is 0 Å². The van der Waals surface area contributed by atoms with Gasteiger partial charge in [0.05, 0.1) is 29.4 Å². The van der Waals surface area contributed by atoms with Crippen molar-refractivity contribution in [1.29, 1.82) is 0 Å². The third kappa shape index (κ3) is 2.92. The van der Waals surface area contributed by atoms with E-state index in [0.29, 0.717) is 23.4 Å². The number of carbonyl (C=O) groups excluding carboxylic acids is 1. The molecule has 6 rings (SSSR count). The van der Waals surface area contributed by atoms with Crippen LogP contribution in [0, 0.1) is 0 Å². The second-order valence-corrected chi connectivity index (χ2v) is 8.28. The Morgan fingerprint density at radius 2 is 1.88 bits per heavy atom. The maximum Gasteiger partial charge on any atom is 0.196 e. The number of aromatic nitrogens is 1.